The molecule has 2 unspecified atom stereocenters. The molecule has 2 atom stereocenters. The maximum absolute atomic E-state index is 12.1. The van der Waals surface area contributed by atoms with Crippen LogP contribution < -0.4 is 16.0 Å². The van der Waals surface area contributed by atoms with E-state index >= 15 is 0 Å². The third-order valence-corrected chi connectivity index (χ3v) is 7.85. The number of anilines is 2. The lowest BCUT2D eigenvalue weighted by Gasteiger charge is -2.32. The molecule has 0 saturated heterocycles. The molecule has 0 fully saturated rings. The van der Waals surface area contributed by atoms with E-state index in [9.17, 15) is 4.79 Å². The van der Waals surface area contributed by atoms with E-state index in [1.54, 1.807) is 6.07 Å². The second-order valence-corrected chi connectivity index (χ2v) is 12.1. The van der Waals surface area contributed by atoms with Crippen molar-refractivity contribution >= 4 is 28.4 Å². The average Bonchev–Trinajstić information content (AvgIpc) is 3.42. The van der Waals surface area contributed by atoms with E-state index in [0.717, 1.165) is 59.7 Å². The fourth-order valence-corrected chi connectivity index (χ4v) is 5.34. The van der Waals surface area contributed by atoms with E-state index in [1.807, 2.05) is 18.2 Å². The molecule has 0 radical (unpaired) electrons. The van der Waals surface area contributed by atoms with Crippen LogP contribution in [0.3, 0.4) is 0 Å². The number of aromatic nitrogens is 2. The number of aromatic amines is 1. The van der Waals surface area contributed by atoms with Crippen LogP contribution in [0.5, 0.6) is 0 Å². The first-order chi connectivity index (χ1) is 20.6. The summed E-state index contributed by atoms with van der Waals surface area (Å²) in [5.74, 6) is 2.04. The number of aryl methyl sites for hydroxylation is 1. The van der Waals surface area contributed by atoms with Crippen molar-refractivity contribution in [3.05, 3.63) is 101 Å². The predicted molar refractivity (Wildman–Crippen MR) is 178 cm³/mol. The van der Waals surface area contributed by atoms with E-state index in [2.05, 4.69) is 111 Å². The van der Waals surface area contributed by atoms with Crippen LogP contribution in [0, 0.1) is 12.8 Å². The molecule has 0 aliphatic carbocycles. The molecule has 0 aliphatic rings. The molecule has 228 valence electrons. The number of ether oxygens (including phenoxy) is 1. The van der Waals surface area contributed by atoms with Gasteiger partial charge in [0.05, 0.1) is 29.7 Å². The highest BCUT2D eigenvalue weighted by atomic mass is 16.5. The zero-order chi connectivity index (χ0) is 31.0. The number of fused-ring (bicyclic) bond motifs is 1. The number of methoxy groups -OCH3 is 1. The minimum Gasteiger partial charge on any atom is -0.465 e. The monoisotopic (exact) mass is 581 g/mol. The summed E-state index contributed by atoms with van der Waals surface area (Å²) in [4.78, 5) is 20.5. The Balaban J connectivity index is 1.47. The molecule has 0 bridgehead atoms. The van der Waals surface area contributed by atoms with Gasteiger partial charge in [0, 0.05) is 16.9 Å². The van der Waals surface area contributed by atoms with Crippen LogP contribution in [0.2, 0.25) is 0 Å². The Labute approximate surface area is 256 Å². The topological polar surface area (TPSA) is 91.1 Å². The zero-order valence-corrected chi connectivity index (χ0v) is 26.7. The van der Waals surface area contributed by atoms with Gasteiger partial charge in [-0.15, -0.1) is 0 Å². The van der Waals surface area contributed by atoms with Gasteiger partial charge in [0.15, 0.2) is 0 Å². The average molecular weight is 582 g/mol. The number of carbonyl (C=O) groups excluding carboxylic acids is 1. The predicted octanol–water partition coefficient (Wildman–Crippen LogP) is 8.52. The zero-order valence-electron chi connectivity index (χ0n) is 26.7. The lowest BCUT2D eigenvalue weighted by molar-refractivity contribution is 0.0601. The fourth-order valence-electron chi connectivity index (χ4n) is 5.34. The van der Waals surface area contributed by atoms with E-state index < -0.39 is 0 Å². The number of imidazole rings is 1. The van der Waals surface area contributed by atoms with Gasteiger partial charge in [-0.2, -0.15) is 0 Å². The molecular weight excluding hydrogens is 534 g/mol. The van der Waals surface area contributed by atoms with Crippen molar-refractivity contribution in [2.24, 2.45) is 5.92 Å². The highest BCUT2D eigenvalue weighted by Gasteiger charge is 2.27. The van der Waals surface area contributed by atoms with Gasteiger partial charge < -0.3 is 25.7 Å². The number of carbonyl (C=O) groups is 1. The number of para-hydroxylation sites is 1. The molecule has 43 heavy (non-hydrogen) atoms. The Morgan fingerprint density at radius 2 is 1.79 bits per heavy atom. The summed E-state index contributed by atoms with van der Waals surface area (Å²) in [6.45, 7) is 13.2. The molecule has 7 nitrogen and oxygen atoms in total. The molecule has 0 aliphatic heterocycles. The van der Waals surface area contributed by atoms with Crippen molar-refractivity contribution in [1.82, 2.24) is 15.3 Å². The first-order valence-corrected chi connectivity index (χ1v) is 15.3. The van der Waals surface area contributed by atoms with Gasteiger partial charge >= 0.3 is 5.97 Å². The Hall–Kier alpha value is -4.10. The molecule has 0 amide bonds. The third kappa shape index (κ3) is 8.71. The molecule has 1 heterocycles. The maximum atomic E-state index is 12.1. The van der Waals surface area contributed by atoms with Gasteiger partial charge in [0.1, 0.15) is 11.6 Å². The van der Waals surface area contributed by atoms with Gasteiger partial charge in [0.25, 0.3) is 0 Å². The number of esters is 1. The molecule has 4 aromatic rings. The molecule has 7 heteroatoms. The van der Waals surface area contributed by atoms with Gasteiger partial charge in [-0.1, -0.05) is 57.5 Å². The molecule has 4 rings (SSSR count). The van der Waals surface area contributed by atoms with Crippen LogP contribution in [0.1, 0.15) is 87.2 Å². The number of allylic oxidation sites excluding steroid dienone is 1. The van der Waals surface area contributed by atoms with Gasteiger partial charge in [-0.3, -0.25) is 0 Å². The lowest BCUT2D eigenvalue weighted by Crippen LogP contribution is -2.44. The van der Waals surface area contributed by atoms with Crippen LogP contribution in [0.15, 0.2) is 78.6 Å². The summed E-state index contributed by atoms with van der Waals surface area (Å²) < 4.78 is 4.90. The van der Waals surface area contributed by atoms with Crippen LogP contribution in [0.25, 0.3) is 11.0 Å². The molecule has 0 saturated carbocycles. The Morgan fingerprint density at radius 3 is 2.47 bits per heavy atom. The van der Waals surface area contributed by atoms with E-state index in [-0.39, 0.29) is 17.6 Å². The summed E-state index contributed by atoms with van der Waals surface area (Å²) in [7, 11) is 1.40. The highest BCUT2D eigenvalue weighted by Crippen LogP contribution is 2.28. The number of hydrogen-bond acceptors (Lipinski definition) is 6. The van der Waals surface area contributed by atoms with Crippen molar-refractivity contribution in [2.45, 2.75) is 78.8 Å². The highest BCUT2D eigenvalue weighted by molar-refractivity contribution is 5.93. The van der Waals surface area contributed by atoms with Crippen LogP contribution in [-0.2, 0) is 11.2 Å². The summed E-state index contributed by atoms with van der Waals surface area (Å²) in [6.07, 6.45) is 5.99. The van der Waals surface area contributed by atoms with Crippen molar-refractivity contribution < 1.29 is 9.53 Å². The fraction of sp³-hybridized carbons (Fsp3) is 0.389. The number of hydrogen-bond donors (Lipinski definition) is 4. The van der Waals surface area contributed by atoms with E-state index in [0.29, 0.717) is 11.5 Å². The minimum absolute atomic E-state index is 0.0362. The Bertz CT molecular complexity index is 1540. The van der Waals surface area contributed by atoms with Crippen LogP contribution >= 0.6 is 0 Å². The largest absolute Gasteiger partial charge is 0.465 e. The summed E-state index contributed by atoms with van der Waals surface area (Å²) in [6, 6.07) is 22.5. The SMILES string of the molecule is CCC=C(Nc1ccc(CC(C)(C)NC(CC(C)CC)c2nc3ccc(C(=O)OC)cc3[nH]2)cc1)Nc1ccccc1C. The first kappa shape index (κ1) is 31.8. The smallest absolute Gasteiger partial charge is 0.337 e. The van der Waals surface area contributed by atoms with Crippen molar-refractivity contribution in [3.8, 4) is 0 Å². The van der Waals surface area contributed by atoms with E-state index in [4.69, 9.17) is 9.72 Å². The number of nitrogens with one attached hydrogen (secondary N) is 4. The quantitative estimate of drug-likeness (QED) is 0.112. The van der Waals surface area contributed by atoms with Crippen molar-refractivity contribution in [1.29, 1.82) is 0 Å². The third-order valence-electron chi connectivity index (χ3n) is 7.85. The number of benzene rings is 3. The minimum atomic E-state index is -0.352. The molecule has 0 spiro atoms. The lowest BCUT2D eigenvalue weighted by atomic mass is 9.91. The second-order valence-electron chi connectivity index (χ2n) is 12.1. The molecule has 4 N–H and O–H groups in total. The number of rotatable bonds is 14. The van der Waals surface area contributed by atoms with Crippen molar-refractivity contribution in [3.63, 3.8) is 0 Å². The Kier molecular flexibility index (Phi) is 10.6. The first-order valence-electron chi connectivity index (χ1n) is 15.3. The van der Waals surface area contributed by atoms with Crippen LogP contribution in [0.4, 0.5) is 11.4 Å². The molecular formula is C36H47N5O2. The van der Waals surface area contributed by atoms with Gasteiger partial charge in [-0.05, 0) is 99.6 Å². The second kappa shape index (κ2) is 14.4. The Morgan fingerprint density at radius 1 is 1.05 bits per heavy atom. The number of H-pyrrole nitrogens is 1. The number of nitrogens with zero attached hydrogens (tertiary/aromatic N) is 1. The molecule has 1 aromatic heterocycles. The summed E-state index contributed by atoms with van der Waals surface area (Å²) >= 11 is 0. The van der Waals surface area contributed by atoms with Crippen molar-refractivity contribution in [2.75, 3.05) is 17.7 Å². The van der Waals surface area contributed by atoms with Gasteiger partial charge in [0.2, 0.25) is 0 Å². The normalized spacial score (nSPS) is 13.5. The summed E-state index contributed by atoms with van der Waals surface area (Å²) in [5, 5.41) is 11.0. The standard InChI is InChI=1S/C36H47N5O2/c1-8-12-33(38-29-14-11-10-13-25(29)4)37-28-18-15-26(16-19-28)23-36(5,6)41-32(21-24(3)9-2)34-39-30-20-17-27(35(42)43-7)22-31(30)40-34/h10-20,22,24,32,37-38,41H,8-9,21,23H2,1-7H3,(H,39,40). The summed E-state index contributed by atoms with van der Waals surface area (Å²) in [5.41, 5.74) is 6.59. The van der Waals surface area contributed by atoms with E-state index in [1.165, 1.54) is 18.2 Å². The van der Waals surface area contributed by atoms with Gasteiger partial charge in [-0.25, -0.2) is 9.78 Å². The maximum Gasteiger partial charge on any atom is 0.337 e. The van der Waals surface area contributed by atoms with Crippen LogP contribution in [-0.4, -0.2) is 28.6 Å². The molecule has 3 aromatic carbocycles.